The van der Waals surface area contributed by atoms with Crippen LogP contribution in [0.2, 0.25) is 0 Å². The summed E-state index contributed by atoms with van der Waals surface area (Å²) in [6, 6.07) is 8.85. The Morgan fingerprint density at radius 1 is 1.16 bits per heavy atom. The molecular weight excluding hydrogens is 250 g/mol. The molecule has 0 bridgehead atoms. The predicted octanol–water partition coefficient (Wildman–Crippen LogP) is 4.68. The van der Waals surface area contributed by atoms with E-state index in [1.807, 2.05) is 11.8 Å². The summed E-state index contributed by atoms with van der Waals surface area (Å²) in [7, 11) is 0. The second-order valence-electron chi connectivity index (χ2n) is 7.55. The monoisotopic (exact) mass is 277 g/mol. The molecule has 1 aromatic carbocycles. The summed E-state index contributed by atoms with van der Waals surface area (Å²) in [5.41, 5.74) is 2.12. The van der Waals surface area contributed by atoms with Crippen LogP contribution in [0.4, 0.5) is 0 Å². The van der Waals surface area contributed by atoms with Crippen LogP contribution in [0.1, 0.15) is 52.5 Å². The molecule has 19 heavy (non-hydrogen) atoms. The molecule has 106 valence electrons. The van der Waals surface area contributed by atoms with Gasteiger partial charge in [0.15, 0.2) is 0 Å². The van der Waals surface area contributed by atoms with E-state index in [4.69, 9.17) is 0 Å². The van der Waals surface area contributed by atoms with E-state index in [2.05, 4.69) is 64.2 Å². The van der Waals surface area contributed by atoms with Crippen LogP contribution in [-0.4, -0.2) is 17.8 Å². The molecule has 0 aromatic heterocycles. The zero-order chi connectivity index (χ0) is 14.1. The molecular formula is C17H27NS. The summed E-state index contributed by atoms with van der Waals surface area (Å²) in [5.74, 6) is 1.89. The van der Waals surface area contributed by atoms with Crippen LogP contribution in [0.5, 0.6) is 0 Å². The Hall–Kier alpha value is -0.470. The fourth-order valence-corrected chi connectivity index (χ4v) is 4.44. The Labute approximate surface area is 122 Å². The summed E-state index contributed by atoms with van der Waals surface area (Å²) in [6.07, 6.45) is 1.20. The molecule has 1 aliphatic heterocycles. The van der Waals surface area contributed by atoms with Gasteiger partial charge in [-0.3, -0.25) is 0 Å². The highest BCUT2D eigenvalue weighted by Crippen LogP contribution is 2.39. The average molecular weight is 277 g/mol. The summed E-state index contributed by atoms with van der Waals surface area (Å²) in [4.78, 5) is 1.47. The van der Waals surface area contributed by atoms with Crippen molar-refractivity contribution in [3.8, 4) is 0 Å². The minimum Gasteiger partial charge on any atom is -0.311 e. The highest BCUT2D eigenvalue weighted by atomic mass is 32.2. The lowest BCUT2D eigenvalue weighted by Crippen LogP contribution is -2.44. The highest BCUT2D eigenvalue weighted by Gasteiger charge is 2.28. The van der Waals surface area contributed by atoms with Gasteiger partial charge >= 0.3 is 0 Å². The molecule has 1 nitrogen and oxygen atoms in total. The van der Waals surface area contributed by atoms with E-state index in [0.717, 1.165) is 6.54 Å². The van der Waals surface area contributed by atoms with Crippen LogP contribution in [0, 0.1) is 5.41 Å². The van der Waals surface area contributed by atoms with Gasteiger partial charge in [-0.1, -0.05) is 39.0 Å². The fraction of sp³-hybridized carbons (Fsp3) is 0.647. The van der Waals surface area contributed by atoms with Gasteiger partial charge < -0.3 is 5.32 Å². The Balaban J connectivity index is 1.93. The Bertz CT molecular complexity index is 431. The molecule has 0 amide bonds. The lowest BCUT2D eigenvalue weighted by Gasteiger charge is -2.34. The summed E-state index contributed by atoms with van der Waals surface area (Å²) in [6.45, 7) is 12.7. The maximum atomic E-state index is 3.79. The third-order valence-electron chi connectivity index (χ3n) is 3.60. The molecule has 1 aromatic rings. The van der Waals surface area contributed by atoms with Crippen molar-refractivity contribution in [2.75, 3.05) is 12.3 Å². The molecule has 1 atom stereocenters. The maximum absolute atomic E-state index is 3.79. The topological polar surface area (TPSA) is 12.0 Å². The minimum atomic E-state index is 0.209. The Kier molecular flexibility index (Phi) is 4.32. The van der Waals surface area contributed by atoms with Crippen molar-refractivity contribution in [1.82, 2.24) is 5.32 Å². The van der Waals surface area contributed by atoms with Crippen LogP contribution in [0.3, 0.4) is 0 Å². The number of fused-ring (bicyclic) bond motifs is 1. The first-order valence-corrected chi connectivity index (χ1v) is 8.22. The van der Waals surface area contributed by atoms with Crippen molar-refractivity contribution in [3.05, 3.63) is 29.8 Å². The van der Waals surface area contributed by atoms with Crippen LogP contribution in [-0.2, 0) is 0 Å². The molecule has 0 saturated heterocycles. The molecule has 2 heteroatoms. The number of nitrogens with one attached hydrogen (secondary N) is 1. The van der Waals surface area contributed by atoms with E-state index in [1.54, 1.807) is 0 Å². The third-order valence-corrected chi connectivity index (χ3v) is 4.85. The summed E-state index contributed by atoms with van der Waals surface area (Å²) in [5, 5.41) is 3.79. The second kappa shape index (κ2) is 5.49. The van der Waals surface area contributed by atoms with E-state index in [9.17, 15) is 0 Å². The van der Waals surface area contributed by atoms with Crippen LogP contribution < -0.4 is 5.32 Å². The first-order chi connectivity index (χ1) is 8.77. The number of benzene rings is 1. The van der Waals surface area contributed by atoms with Crippen molar-refractivity contribution >= 4 is 11.8 Å². The van der Waals surface area contributed by atoms with Crippen molar-refractivity contribution in [2.45, 2.75) is 57.4 Å². The number of hydrogen-bond acceptors (Lipinski definition) is 2. The summed E-state index contributed by atoms with van der Waals surface area (Å²) < 4.78 is 0. The fourth-order valence-electron chi connectivity index (χ4n) is 3.19. The van der Waals surface area contributed by atoms with E-state index < -0.39 is 0 Å². The molecule has 0 fully saturated rings. The van der Waals surface area contributed by atoms with E-state index in [1.165, 1.54) is 22.6 Å². The normalized spacial score (nSPS) is 19.5. The van der Waals surface area contributed by atoms with Crippen molar-refractivity contribution in [3.63, 3.8) is 0 Å². The molecule has 0 radical (unpaired) electrons. The number of thioether (sulfide) groups is 1. The van der Waals surface area contributed by atoms with Gasteiger partial charge in [0, 0.05) is 28.6 Å². The van der Waals surface area contributed by atoms with Gasteiger partial charge in [-0.2, -0.15) is 0 Å². The number of rotatable bonds is 4. The molecule has 0 saturated carbocycles. The van der Waals surface area contributed by atoms with Gasteiger partial charge in [0.25, 0.3) is 0 Å². The SMILES string of the molecule is CC(C)(C)CC(C)(C)NCC1CSc2ccccc21. The van der Waals surface area contributed by atoms with Crippen LogP contribution in [0.25, 0.3) is 0 Å². The predicted molar refractivity (Wildman–Crippen MR) is 86.1 cm³/mol. The average Bonchev–Trinajstić information content (AvgIpc) is 2.66. The molecule has 1 aliphatic rings. The van der Waals surface area contributed by atoms with Gasteiger partial charge in [-0.25, -0.2) is 0 Å². The molecule has 1 heterocycles. The van der Waals surface area contributed by atoms with Gasteiger partial charge in [0.05, 0.1) is 0 Å². The second-order valence-corrected chi connectivity index (χ2v) is 8.61. The van der Waals surface area contributed by atoms with Crippen molar-refractivity contribution in [2.24, 2.45) is 5.41 Å². The van der Waals surface area contributed by atoms with Crippen molar-refractivity contribution < 1.29 is 0 Å². The van der Waals surface area contributed by atoms with Gasteiger partial charge in [-0.05, 0) is 37.3 Å². The molecule has 0 spiro atoms. The molecule has 0 aliphatic carbocycles. The third kappa shape index (κ3) is 4.25. The van der Waals surface area contributed by atoms with E-state index >= 15 is 0 Å². The zero-order valence-electron chi connectivity index (χ0n) is 12.9. The van der Waals surface area contributed by atoms with E-state index in [0.29, 0.717) is 11.3 Å². The smallest absolute Gasteiger partial charge is 0.0130 e. The van der Waals surface area contributed by atoms with Gasteiger partial charge in [0.2, 0.25) is 0 Å². The maximum Gasteiger partial charge on any atom is 0.0130 e. The number of hydrogen-bond donors (Lipinski definition) is 1. The lowest BCUT2D eigenvalue weighted by molar-refractivity contribution is 0.240. The standard InChI is InChI=1S/C17H27NS/c1-16(2,3)12-17(4,5)18-10-13-11-19-15-9-7-6-8-14(13)15/h6-9,13,18H,10-12H2,1-5H3. The van der Waals surface area contributed by atoms with Crippen LogP contribution in [0.15, 0.2) is 29.2 Å². The molecule has 2 rings (SSSR count). The largest absolute Gasteiger partial charge is 0.311 e. The minimum absolute atomic E-state index is 0.209. The van der Waals surface area contributed by atoms with Crippen LogP contribution >= 0.6 is 11.8 Å². The lowest BCUT2D eigenvalue weighted by atomic mass is 9.81. The zero-order valence-corrected chi connectivity index (χ0v) is 13.7. The van der Waals surface area contributed by atoms with Gasteiger partial charge in [-0.15, -0.1) is 11.8 Å². The highest BCUT2D eigenvalue weighted by molar-refractivity contribution is 7.99. The first kappa shape index (κ1) is 14.9. The quantitative estimate of drug-likeness (QED) is 0.857. The van der Waals surface area contributed by atoms with Crippen molar-refractivity contribution in [1.29, 1.82) is 0 Å². The first-order valence-electron chi connectivity index (χ1n) is 7.24. The molecule has 1 unspecified atom stereocenters. The Morgan fingerprint density at radius 3 is 2.53 bits per heavy atom. The molecule has 1 N–H and O–H groups in total. The van der Waals surface area contributed by atoms with E-state index in [-0.39, 0.29) is 5.54 Å². The summed E-state index contributed by atoms with van der Waals surface area (Å²) >= 11 is 2.00. The Morgan fingerprint density at radius 2 is 1.84 bits per heavy atom. The van der Waals surface area contributed by atoms with Gasteiger partial charge in [0.1, 0.15) is 0 Å².